The lowest BCUT2D eigenvalue weighted by Gasteiger charge is -2.33. The fraction of sp³-hybridized carbons (Fsp3) is 0.111. The molecule has 12 rings (SSSR count). The third kappa shape index (κ3) is 5.08. The topological polar surface area (TPSA) is 18.0 Å². The summed E-state index contributed by atoms with van der Waals surface area (Å²) in [5.74, 6) is 0. The van der Waals surface area contributed by atoms with Gasteiger partial charge in [-0.2, -0.15) is 0 Å². The van der Waals surface area contributed by atoms with Crippen LogP contribution in [0.2, 0.25) is 0 Å². The van der Waals surface area contributed by atoms with Crippen molar-refractivity contribution in [2.75, 3.05) is 4.90 Å². The molecule has 0 saturated heterocycles. The number of hydrogen-bond donors (Lipinski definition) is 0. The molecule has 0 aliphatic heterocycles. The highest BCUT2D eigenvalue weighted by molar-refractivity contribution is 6.11. The molecular formula is C54H42N4. The van der Waals surface area contributed by atoms with Gasteiger partial charge in [0, 0.05) is 72.4 Å². The number of nitrogens with zero attached hydrogens (tertiary/aromatic N) is 4. The number of para-hydroxylation sites is 5. The number of aromatic nitrogens is 3. The SMILES string of the molecule is C1=Cc2c(n(-c3ccc(N(C4=CC=C(n5c6ccccc6c6ccccc65)CC4)C4=CC=C(n5c6ccccc6c6ccccc65)CC4)cc3)c3ccccc23)CC1. The first-order chi connectivity index (χ1) is 28.8. The average molecular weight is 747 g/mol. The summed E-state index contributed by atoms with van der Waals surface area (Å²) in [7, 11) is 0. The van der Waals surface area contributed by atoms with Crippen LogP contribution in [0.25, 0.3) is 77.7 Å². The van der Waals surface area contributed by atoms with Crippen LogP contribution >= 0.6 is 0 Å². The zero-order chi connectivity index (χ0) is 38.2. The first-order valence-electron chi connectivity index (χ1n) is 20.8. The highest BCUT2D eigenvalue weighted by atomic mass is 15.2. The molecule has 6 aromatic carbocycles. The van der Waals surface area contributed by atoms with E-state index in [4.69, 9.17) is 0 Å². The van der Waals surface area contributed by atoms with Gasteiger partial charge in [-0.05, 0) is 117 Å². The summed E-state index contributed by atoms with van der Waals surface area (Å²) in [5, 5.41) is 6.56. The smallest absolute Gasteiger partial charge is 0.0537 e. The van der Waals surface area contributed by atoms with E-state index in [1.807, 2.05) is 0 Å². The van der Waals surface area contributed by atoms with Gasteiger partial charge in [0.2, 0.25) is 0 Å². The molecular weight excluding hydrogens is 705 g/mol. The minimum absolute atomic E-state index is 0.942. The van der Waals surface area contributed by atoms with E-state index >= 15 is 0 Å². The molecule has 0 saturated carbocycles. The van der Waals surface area contributed by atoms with Crippen LogP contribution < -0.4 is 4.90 Å². The maximum Gasteiger partial charge on any atom is 0.0537 e. The van der Waals surface area contributed by atoms with Crippen molar-refractivity contribution in [1.82, 2.24) is 13.7 Å². The summed E-state index contributed by atoms with van der Waals surface area (Å²) in [6.45, 7) is 0. The Morgan fingerprint density at radius 3 is 1.26 bits per heavy atom. The Bertz CT molecular complexity index is 3020. The Balaban J connectivity index is 0.979. The molecule has 3 aromatic heterocycles. The van der Waals surface area contributed by atoms with Gasteiger partial charge in [-0.1, -0.05) is 103 Å². The molecule has 0 fully saturated rings. The van der Waals surface area contributed by atoms with E-state index in [9.17, 15) is 0 Å². The summed E-state index contributed by atoms with van der Waals surface area (Å²) >= 11 is 0. The molecule has 0 atom stereocenters. The van der Waals surface area contributed by atoms with Gasteiger partial charge in [-0.15, -0.1) is 0 Å². The second-order valence-electron chi connectivity index (χ2n) is 15.9. The zero-order valence-electron chi connectivity index (χ0n) is 32.4. The van der Waals surface area contributed by atoms with Gasteiger partial charge in [-0.25, -0.2) is 0 Å². The summed E-state index contributed by atoms with van der Waals surface area (Å²) in [6, 6.07) is 53.5. The van der Waals surface area contributed by atoms with Gasteiger partial charge >= 0.3 is 0 Å². The maximum absolute atomic E-state index is 2.55. The molecule has 0 radical (unpaired) electrons. The molecule has 0 bridgehead atoms. The molecule has 9 aromatic rings. The number of rotatable bonds is 6. The highest BCUT2D eigenvalue weighted by Gasteiger charge is 2.25. The molecule has 3 aliphatic carbocycles. The number of allylic oxidation sites excluding steroid dienone is 9. The second-order valence-corrected chi connectivity index (χ2v) is 15.9. The van der Waals surface area contributed by atoms with Gasteiger partial charge in [0.1, 0.15) is 0 Å². The van der Waals surface area contributed by atoms with Gasteiger partial charge in [-0.3, -0.25) is 0 Å². The molecule has 278 valence electrons. The Morgan fingerprint density at radius 2 is 0.810 bits per heavy atom. The third-order valence-electron chi connectivity index (χ3n) is 12.7. The van der Waals surface area contributed by atoms with E-state index in [1.165, 1.54) is 99.9 Å². The minimum Gasteiger partial charge on any atom is -0.318 e. The molecule has 0 spiro atoms. The molecule has 4 heteroatoms. The standard InChI is InChI=1S/C54H42N4/c1-7-19-49-43(13-1)44-14-2-8-20-50(44)56(49)40-31-25-37(26-32-40)55(38-27-33-41(34-28-38)57-51-21-9-3-15-45(51)46-16-4-10-22-52(46)57)39-29-35-42(36-30-39)58-53-23-11-5-17-47(53)48-18-6-12-24-54(48)58/h1-11,13-23,25,27,29-31,33,35-36H,12,24,26,28,32,34H2. The first kappa shape index (κ1) is 33.1. The summed E-state index contributed by atoms with van der Waals surface area (Å²) in [4.78, 5) is 2.55. The highest BCUT2D eigenvalue weighted by Crippen LogP contribution is 2.41. The lowest BCUT2D eigenvalue weighted by molar-refractivity contribution is 0.825. The van der Waals surface area contributed by atoms with Gasteiger partial charge < -0.3 is 18.6 Å². The fourth-order valence-corrected chi connectivity index (χ4v) is 10.2. The van der Waals surface area contributed by atoms with Crippen molar-refractivity contribution in [3.8, 4) is 5.69 Å². The van der Waals surface area contributed by atoms with Crippen LogP contribution in [-0.4, -0.2) is 13.7 Å². The molecule has 3 heterocycles. The number of benzene rings is 6. The van der Waals surface area contributed by atoms with E-state index in [2.05, 4.69) is 201 Å². The monoisotopic (exact) mass is 746 g/mol. The fourth-order valence-electron chi connectivity index (χ4n) is 10.2. The third-order valence-corrected chi connectivity index (χ3v) is 12.7. The van der Waals surface area contributed by atoms with E-state index in [-0.39, 0.29) is 0 Å². The molecule has 0 unspecified atom stereocenters. The van der Waals surface area contributed by atoms with Crippen LogP contribution in [0, 0.1) is 0 Å². The second kappa shape index (κ2) is 13.3. The molecule has 3 aliphatic rings. The van der Waals surface area contributed by atoms with Crippen LogP contribution in [-0.2, 0) is 6.42 Å². The molecule has 4 nitrogen and oxygen atoms in total. The number of hydrogen-bond acceptors (Lipinski definition) is 1. The van der Waals surface area contributed by atoms with Crippen molar-refractivity contribution in [2.24, 2.45) is 0 Å². The van der Waals surface area contributed by atoms with E-state index < -0.39 is 0 Å². The maximum atomic E-state index is 2.55. The predicted molar refractivity (Wildman–Crippen MR) is 245 cm³/mol. The average Bonchev–Trinajstić information content (AvgIpc) is 3.93. The van der Waals surface area contributed by atoms with Gasteiger partial charge in [0.05, 0.1) is 27.6 Å². The van der Waals surface area contributed by atoms with Gasteiger partial charge in [0.25, 0.3) is 0 Å². The lowest BCUT2D eigenvalue weighted by Crippen LogP contribution is -2.24. The minimum atomic E-state index is 0.942. The van der Waals surface area contributed by atoms with Crippen LogP contribution in [0.15, 0.2) is 187 Å². The quantitative estimate of drug-likeness (QED) is 0.166. The van der Waals surface area contributed by atoms with E-state index in [1.54, 1.807) is 0 Å². The first-order valence-corrected chi connectivity index (χ1v) is 20.8. The molecule has 0 N–H and O–H groups in total. The summed E-state index contributed by atoms with van der Waals surface area (Å²) in [5.41, 5.74) is 16.9. The lowest BCUT2D eigenvalue weighted by atomic mass is 10.0. The Labute approximate surface area is 337 Å². The van der Waals surface area contributed by atoms with Crippen molar-refractivity contribution < 1.29 is 0 Å². The molecule has 58 heavy (non-hydrogen) atoms. The summed E-state index contributed by atoms with van der Waals surface area (Å²) in [6.07, 6.45) is 20.1. The van der Waals surface area contributed by atoms with Crippen LogP contribution in [0.5, 0.6) is 0 Å². The zero-order valence-corrected chi connectivity index (χ0v) is 32.4. The van der Waals surface area contributed by atoms with E-state index in [0.29, 0.717) is 0 Å². The number of anilines is 1. The molecule has 0 amide bonds. The van der Waals surface area contributed by atoms with Crippen molar-refractivity contribution in [3.63, 3.8) is 0 Å². The number of fused-ring (bicyclic) bond motifs is 9. The Morgan fingerprint density at radius 1 is 0.379 bits per heavy atom. The Hall–Kier alpha value is -7.04. The van der Waals surface area contributed by atoms with Gasteiger partial charge in [0.15, 0.2) is 0 Å². The van der Waals surface area contributed by atoms with Crippen LogP contribution in [0.4, 0.5) is 5.69 Å². The largest absolute Gasteiger partial charge is 0.318 e. The van der Waals surface area contributed by atoms with Crippen molar-refractivity contribution in [2.45, 2.75) is 38.5 Å². The normalized spacial score (nSPS) is 15.5. The predicted octanol–water partition coefficient (Wildman–Crippen LogP) is 14.0. The van der Waals surface area contributed by atoms with Crippen molar-refractivity contribution in [1.29, 1.82) is 0 Å². The summed E-state index contributed by atoms with van der Waals surface area (Å²) < 4.78 is 7.45. The van der Waals surface area contributed by atoms with Crippen LogP contribution in [0.3, 0.4) is 0 Å². The Kier molecular flexibility index (Phi) is 7.59. The van der Waals surface area contributed by atoms with E-state index in [0.717, 1.165) is 38.5 Å². The van der Waals surface area contributed by atoms with Crippen molar-refractivity contribution in [3.05, 3.63) is 199 Å². The van der Waals surface area contributed by atoms with Crippen LogP contribution in [0.1, 0.15) is 43.4 Å². The van der Waals surface area contributed by atoms with Crippen molar-refractivity contribution >= 4 is 77.7 Å².